The van der Waals surface area contributed by atoms with Gasteiger partial charge in [0.25, 0.3) is 5.56 Å². The summed E-state index contributed by atoms with van der Waals surface area (Å²) in [5.41, 5.74) is 6.11. The molecule has 6 rings (SSSR count). The van der Waals surface area contributed by atoms with Crippen LogP contribution in [0, 0.1) is 0 Å². The van der Waals surface area contributed by atoms with Gasteiger partial charge in [0.05, 0.1) is 20.7 Å². The first-order valence-electron chi connectivity index (χ1n) is 10.9. The monoisotopic (exact) mass is 548 g/mol. The number of hydrogen-bond donors (Lipinski definition) is 1. The first-order valence-corrected chi connectivity index (χ1v) is 12.9. The van der Waals surface area contributed by atoms with Gasteiger partial charge in [-0.1, -0.05) is 71.5 Å². The zero-order valence-electron chi connectivity index (χ0n) is 17.8. The predicted octanol–water partition coefficient (Wildman–Crippen LogP) is 5.44. The average molecular weight is 550 g/mol. The van der Waals surface area contributed by atoms with Gasteiger partial charge in [0.15, 0.2) is 4.80 Å². The fourth-order valence-corrected chi connectivity index (χ4v) is 6.40. The summed E-state index contributed by atoms with van der Waals surface area (Å²) in [5, 5.41) is 10.5. The van der Waals surface area contributed by atoms with Crippen molar-refractivity contribution >= 4 is 50.6 Å². The van der Waals surface area contributed by atoms with E-state index in [4.69, 9.17) is 16.6 Å². The van der Waals surface area contributed by atoms with Crippen LogP contribution in [0.2, 0.25) is 5.02 Å². The largest absolute Gasteiger partial charge is 0.507 e. The molecule has 0 saturated heterocycles. The van der Waals surface area contributed by atoms with Crippen LogP contribution in [0.3, 0.4) is 0 Å². The number of phenolic OH excluding ortho intramolecular Hbond substituents is 1. The maximum atomic E-state index is 13.7. The molecule has 168 valence electrons. The van der Waals surface area contributed by atoms with Crippen LogP contribution in [-0.4, -0.2) is 9.67 Å². The lowest BCUT2D eigenvalue weighted by molar-refractivity contribution is 0.472. The van der Waals surface area contributed by atoms with Crippen molar-refractivity contribution in [3.63, 3.8) is 0 Å². The maximum Gasteiger partial charge on any atom is 0.271 e. The van der Waals surface area contributed by atoms with Crippen LogP contribution in [0.25, 0.3) is 11.8 Å². The molecule has 0 radical (unpaired) electrons. The van der Waals surface area contributed by atoms with Crippen molar-refractivity contribution in [2.45, 2.75) is 18.9 Å². The Kier molecular flexibility index (Phi) is 5.32. The molecule has 4 aromatic rings. The van der Waals surface area contributed by atoms with Gasteiger partial charge in [0.2, 0.25) is 0 Å². The van der Waals surface area contributed by atoms with Crippen LogP contribution in [0.4, 0.5) is 0 Å². The Balaban J connectivity index is 1.64. The van der Waals surface area contributed by atoms with E-state index in [9.17, 15) is 9.90 Å². The third-order valence-electron chi connectivity index (χ3n) is 6.34. The Labute approximate surface area is 212 Å². The maximum absolute atomic E-state index is 13.7. The Morgan fingerprint density at radius 1 is 1.09 bits per heavy atom. The van der Waals surface area contributed by atoms with Gasteiger partial charge in [-0.25, -0.2) is 4.99 Å². The first kappa shape index (κ1) is 21.6. The quantitative estimate of drug-likeness (QED) is 0.362. The van der Waals surface area contributed by atoms with Gasteiger partial charge in [-0.05, 0) is 75.3 Å². The lowest BCUT2D eigenvalue weighted by Crippen LogP contribution is -2.38. The summed E-state index contributed by atoms with van der Waals surface area (Å²) in [5.74, 6) is 0.156. The Hall–Kier alpha value is -2.93. The van der Waals surface area contributed by atoms with E-state index in [-0.39, 0.29) is 17.4 Å². The van der Waals surface area contributed by atoms with Gasteiger partial charge in [-0.15, -0.1) is 0 Å². The Morgan fingerprint density at radius 2 is 1.88 bits per heavy atom. The van der Waals surface area contributed by atoms with Crippen LogP contribution in [0.1, 0.15) is 34.7 Å². The molecule has 34 heavy (non-hydrogen) atoms. The highest BCUT2D eigenvalue weighted by Crippen LogP contribution is 2.42. The first-order chi connectivity index (χ1) is 16.5. The molecular formula is C27H18BrClN2O2S. The minimum atomic E-state index is -0.304. The summed E-state index contributed by atoms with van der Waals surface area (Å²) in [6.45, 7) is 0. The van der Waals surface area contributed by atoms with Gasteiger partial charge in [0.1, 0.15) is 5.75 Å². The highest BCUT2D eigenvalue weighted by molar-refractivity contribution is 9.10. The zero-order valence-corrected chi connectivity index (χ0v) is 21.0. The number of hydrogen-bond acceptors (Lipinski definition) is 4. The molecule has 2 aliphatic rings. The molecule has 1 unspecified atom stereocenters. The van der Waals surface area contributed by atoms with E-state index in [0.717, 1.165) is 40.8 Å². The molecule has 0 saturated carbocycles. The number of nitrogens with zero attached hydrogens (tertiary/aromatic N) is 2. The van der Waals surface area contributed by atoms with Crippen LogP contribution in [-0.2, 0) is 6.42 Å². The van der Waals surface area contributed by atoms with E-state index >= 15 is 0 Å². The molecule has 0 spiro atoms. The fourth-order valence-electron chi connectivity index (χ4n) is 4.76. The molecule has 7 heteroatoms. The second-order valence-corrected chi connectivity index (χ2v) is 10.6. The van der Waals surface area contributed by atoms with Crippen molar-refractivity contribution in [1.82, 2.24) is 4.57 Å². The van der Waals surface area contributed by atoms with Crippen LogP contribution in [0.5, 0.6) is 5.75 Å². The molecule has 0 fully saturated rings. The summed E-state index contributed by atoms with van der Waals surface area (Å²) in [7, 11) is 0. The van der Waals surface area contributed by atoms with Crippen LogP contribution in [0.15, 0.2) is 86.6 Å². The van der Waals surface area contributed by atoms with Gasteiger partial charge in [0, 0.05) is 10.6 Å². The van der Waals surface area contributed by atoms with E-state index in [1.807, 2.05) is 36.4 Å². The number of rotatable bonds is 2. The van der Waals surface area contributed by atoms with Gasteiger partial charge in [-0.3, -0.25) is 9.36 Å². The van der Waals surface area contributed by atoms with E-state index in [2.05, 4.69) is 34.1 Å². The number of benzene rings is 3. The number of fused-ring (bicyclic) bond motifs is 3. The van der Waals surface area contributed by atoms with E-state index < -0.39 is 0 Å². The minimum absolute atomic E-state index is 0.0942. The van der Waals surface area contributed by atoms with Gasteiger partial charge in [-0.2, -0.15) is 0 Å². The summed E-state index contributed by atoms with van der Waals surface area (Å²) >= 11 is 11.4. The summed E-state index contributed by atoms with van der Waals surface area (Å²) in [6.07, 6.45) is 3.56. The average Bonchev–Trinajstić information content (AvgIpc) is 3.15. The second-order valence-electron chi connectivity index (χ2n) is 8.35. The number of aromatic hydroxyl groups is 1. The van der Waals surface area contributed by atoms with Crippen LogP contribution >= 0.6 is 38.9 Å². The lowest BCUT2D eigenvalue weighted by atomic mass is 9.83. The Morgan fingerprint density at radius 3 is 2.71 bits per heavy atom. The second kappa shape index (κ2) is 8.38. The fraction of sp³-hybridized carbons (Fsp3) is 0.111. The molecule has 0 amide bonds. The minimum Gasteiger partial charge on any atom is -0.507 e. The molecule has 1 aromatic heterocycles. The van der Waals surface area contributed by atoms with Crippen molar-refractivity contribution < 1.29 is 5.11 Å². The number of thiazole rings is 1. The van der Waals surface area contributed by atoms with Crippen LogP contribution < -0.4 is 14.9 Å². The zero-order chi connectivity index (χ0) is 23.4. The number of allylic oxidation sites excluding steroid dienone is 1. The van der Waals surface area contributed by atoms with Crippen molar-refractivity contribution in [2.75, 3.05) is 0 Å². The standard InChI is InChI=1S/C27H18BrClN2O2S/c28-20-13-15(9-12-22(20)32)14-23-26(33)31-25(18-7-3-4-8-21(18)29)19-11-10-16-5-1-2-6-17(16)24(19)30-27(31)34-23/h1-9,12-14,25,32H,10-11H2. The predicted molar refractivity (Wildman–Crippen MR) is 140 cm³/mol. The van der Waals surface area contributed by atoms with Crippen molar-refractivity contribution in [3.05, 3.63) is 124 Å². The van der Waals surface area contributed by atoms with Crippen molar-refractivity contribution in [2.24, 2.45) is 4.99 Å². The number of phenols is 1. The van der Waals surface area contributed by atoms with E-state index in [1.165, 1.54) is 16.9 Å². The highest BCUT2D eigenvalue weighted by atomic mass is 79.9. The third kappa shape index (κ3) is 3.49. The van der Waals surface area contributed by atoms with Gasteiger partial charge >= 0.3 is 0 Å². The smallest absolute Gasteiger partial charge is 0.271 e. The van der Waals surface area contributed by atoms with Crippen molar-refractivity contribution in [1.29, 1.82) is 0 Å². The molecule has 1 N–H and O–H groups in total. The molecule has 3 aromatic carbocycles. The van der Waals surface area contributed by atoms with Crippen molar-refractivity contribution in [3.8, 4) is 5.75 Å². The van der Waals surface area contributed by atoms with Gasteiger partial charge < -0.3 is 5.11 Å². The molecule has 1 atom stereocenters. The van der Waals surface area contributed by atoms with E-state index in [1.54, 1.807) is 22.8 Å². The number of halogens is 2. The third-order valence-corrected chi connectivity index (χ3v) is 8.30. The normalized spacial score (nSPS) is 17.1. The topological polar surface area (TPSA) is 54.6 Å². The summed E-state index contributed by atoms with van der Waals surface area (Å²) in [6, 6.07) is 21.0. The SMILES string of the molecule is O=c1c(=Cc2ccc(O)c(Br)c2)sc2n1C(c1ccccc1Cl)C1=C(N=2)c2ccccc2CC1. The molecule has 1 aliphatic carbocycles. The highest BCUT2D eigenvalue weighted by Gasteiger charge is 2.33. The summed E-state index contributed by atoms with van der Waals surface area (Å²) in [4.78, 5) is 19.4. The molecule has 2 heterocycles. The molecular weight excluding hydrogens is 532 g/mol. The van der Waals surface area contributed by atoms with E-state index in [0.29, 0.717) is 18.8 Å². The Bertz CT molecular complexity index is 1690. The summed E-state index contributed by atoms with van der Waals surface area (Å²) < 4.78 is 2.96. The molecule has 1 aliphatic heterocycles. The number of aromatic nitrogens is 1. The molecule has 0 bridgehead atoms. The lowest BCUT2D eigenvalue weighted by Gasteiger charge is -2.31. The molecule has 4 nitrogen and oxygen atoms in total. The number of aryl methyl sites for hydroxylation is 1.